The number of hydrogen-bond acceptors (Lipinski definition) is 3. The Labute approximate surface area is 135 Å². The number of rotatable bonds is 5. The second kappa shape index (κ2) is 7.22. The molecule has 0 fully saturated rings. The van der Waals surface area contributed by atoms with Crippen LogP contribution in [0.2, 0.25) is 0 Å². The highest BCUT2D eigenvalue weighted by molar-refractivity contribution is 6.04. The molecule has 0 aliphatic carbocycles. The van der Waals surface area contributed by atoms with E-state index in [0.29, 0.717) is 17.8 Å². The van der Waals surface area contributed by atoms with Crippen molar-refractivity contribution in [3.63, 3.8) is 0 Å². The summed E-state index contributed by atoms with van der Waals surface area (Å²) >= 11 is 0. The molecule has 0 saturated carbocycles. The smallest absolute Gasteiger partial charge is 0.255 e. The number of nitrogens with zero attached hydrogens (tertiary/aromatic N) is 1. The molecule has 0 spiro atoms. The minimum Gasteiger partial charge on any atom is -0.366 e. The maximum atomic E-state index is 12.1. The predicted octanol–water partition coefficient (Wildman–Crippen LogP) is 3.95. The molecule has 0 bridgehead atoms. The molecule has 4 nitrogen and oxygen atoms in total. The highest BCUT2D eigenvalue weighted by Crippen LogP contribution is 2.12. The molecule has 3 aromatic rings. The molecule has 3 rings (SSSR count). The zero-order valence-corrected chi connectivity index (χ0v) is 12.6. The van der Waals surface area contributed by atoms with Crippen LogP contribution < -0.4 is 10.6 Å². The van der Waals surface area contributed by atoms with Gasteiger partial charge >= 0.3 is 0 Å². The number of carbonyl (C=O) groups is 1. The quantitative estimate of drug-likeness (QED) is 0.750. The van der Waals surface area contributed by atoms with Gasteiger partial charge in [0.15, 0.2) is 0 Å². The Kier molecular flexibility index (Phi) is 4.64. The zero-order chi connectivity index (χ0) is 15.9. The SMILES string of the molecule is O=C(Nc1ccc(NCc2ccccc2)nc1)c1ccccc1. The number of carbonyl (C=O) groups excluding carboxylic acids is 1. The van der Waals surface area contributed by atoms with Crippen molar-refractivity contribution in [2.75, 3.05) is 10.6 Å². The van der Waals surface area contributed by atoms with Gasteiger partial charge in [-0.05, 0) is 29.8 Å². The van der Waals surface area contributed by atoms with Gasteiger partial charge in [0.1, 0.15) is 5.82 Å². The summed E-state index contributed by atoms with van der Waals surface area (Å²) in [5, 5.41) is 6.08. The molecule has 1 aromatic heterocycles. The molecule has 0 aliphatic rings. The molecule has 1 amide bonds. The minimum absolute atomic E-state index is 0.141. The number of benzene rings is 2. The van der Waals surface area contributed by atoms with Gasteiger partial charge in [0, 0.05) is 12.1 Å². The van der Waals surface area contributed by atoms with E-state index in [2.05, 4.69) is 27.8 Å². The average molecular weight is 303 g/mol. The fraction of sp³-hybridized carbons (Fsp3) is 0.0526. The molecule has 0 aliphatic heterocycles. The Morgan fingerprint density at radius 2 is 1.57 bits per heavy atom. The molecule has 4 heteroatoms. The van der Waals surface area contributed by atoms with Crippen LogP contribution in [0.3, 0.4) is 0 Å². The van der Waals surface area contributed by atoms with Crippen LogP contribution in [-0.2, 0) is 6.54 Å². The normalized spacial score (nSPS) is 10.1. The van der Waals surface area contributed by atoms with E-state index >= 15 is 0 Å². The second-order valence-electron chi connectivity index (χ2n) is 5.09. The lowest BCUT2D eigenvalue weighted by atomic mass is 10.2. The highest BCUT2D eigenvalue weighted by Gasteiger charge is 2.05. The Hall–Kier alpha value is -3.14. The summed E-state index contributed by atoms with van der Waals surface area (Å²) in [6, 6.07) is 22.9. The number of nitrogens with one attached hydrogen (secondary N) is 2. The van der Waals surface area contributed by atoms with Gasteiger partial charge in [0.25, 0.3) is 5.91 Å². The van der Waals surface area contributed by atoms with Gasteiger partial charge in [0.2, 0.25) is 0 Å². The highest BCUT2D eigenvalue weighted by atomic mass is 16.1. The average Bonchev–Trinajstić information content (AvgIpc) is 2.63. The summed E-state index contributed by atoms with van der Waals surface area (Å²) in [6.07, 6.45) is 1.65. The molecular formula is C19H17N3O. The van der Waals surface area contributed by atoms with Crippen LogP contribution in [0, 0.1) is 0 Å². The van der Waals surface area contributed by atoms with E-state index in [1.165, 1.54) is 5.56 Å². The monoisotopic (exact) mass is 303 g/mol. The molecule has 114 valence electrons. The molecular weight excluding hydrogens is 286 g/mol. The van der Waals surface area contributed by atoms with Crippen molar-refractivity contribution in [2.24, 2.45) is 0 Å². The van der Waals surface area contributed by atoms with Crippen LogP contribution in [0.25, 0.3) is 0 Å². The summed E-state index contributed by atoms with van der Waals surface area (Å²) in [5.74, 6) is 0.629. The van der Waals surface area contributed by atoms with Crippen molar-refractivity contribution < 1.29 is 4.79 Å². The number of pyridine rings is 1. The lowest BCUT2D eigenvalue weighted by Crippen LogP contribution is -2.12. The predicted molar refractivity (Wildman–Crippen MR) is 92.4 cm³/mol. The number of hydrogen-bond donors (Lipinski definition) is 2. The number of anilines is 2. The number of aromatic nitrogens is 1. The van der Waals surface area contributed by atoms with E-state index in [0.717, 1.165) is 5.82 Å². The first-order chi connectivity index (χ1) is 11.3. The third kappa shape index (κ3) is 4.17. The Morgan fingerprint density at radius 1 is 0.870 bits per heavy atom. The van der Waals surface area contributed by atoms with Gasteiger partial charge < -0.3 is 10.6 Å². The van der Waals surface area contributed by atoms with Crippen LogP contribution in [0.5, 0.6) is 0 Å². The lowest BCUT2D eigenvalue weighted by Gasteiger charge is -2.08. The first kappa shape index (κ1) is 14.8. The van der Waals surface area contributed by atoms with Gasteiger partial charge in [-0.2, -0.15) is 0 Å². The van der Waals surface area contributed by atoms with Crippen LogP contribution in [0.15, 0.2) is 79.0 Å². The van der Waals surface area contributed by atoms with E-state index in [-0.39, 0.29) is 5.91 Å². The summed E-state index contributed by atoms with van der Waals surface area (Å²) in [6.45, 7) is 0.712. The first-order valence-corrected chi connectivity index (χ1v) is 7.41. The third-order valence-corrected chi connectivity index (χ3v) is 3.37. The van der Waals surface area contributed by atoms with Gasteiger partial charge in [0.05, 0.1) is 11.9 Å². The minimum atomic E-state index is -0.141. The van der Waals surface area contributed by atoms with Crippen molar-refractivity contribution >= 4 is 17.4 Å². The van der Waals surface area contributed by atoms with Gasteiger partial charge in [-0.1, -0.05) is 48.5 Å². The molecule has 0 unspecified atom stereocenters. The molecule has 2 aromatic carbocycles. The number of amides is 1. The van der Waals surface area contributed by atoms with Crippen molar-refractivity contribution in [2.45, 2.75) is 6.54 Å². The van der Waals surface area contributed by atoms with E-state index in [1.54, 1.807) is 18.3 Å². The van der Waals surface area contributed by atoms with Crippen molar-refractivity contribution in [3.05, 3.63) is 90.1 Å². The van der Waals surface area contributed by atoms with Crippen LogP contribution in [0.1, 0.15) is 15.9 Å². The van der Waals surface area contributed by atoms with Gasteiger partial charge in [-0.25, -0.2) is 4.98 Å². The van der Waals surface area contributed by atoms with E-state index < -0.39 is 0 Å². The fourth-order valence-corrected chi connectivity index (χ4v) is 2.15. The third-order valence-electron chi connectivity index (χ3n) is 3.37. The maximum absolute atomic E-state index is 12.1. The van der Waals surface area contributed by atoms with Crippen molar-refractivity contribution in [1.29, 1.82) is 0 Å². The lowest BCUT2D eigenvalue weighted by molar-refractivity contribution is 0.102. The van der Waals surface area contributed by atoms with Gasteiger partial charge in [-0.15, -0.1) is 0 Å². The summed E-state index contributed by atoms with van der Waals surface area (Å²) in [7, 11) is 0. The molecule has 23 heavy (non-hydrogen) atoms. The van der Waals surface area contributed by atoms with Crippen LogP contribution in [-0.4, -0.2) is 10.9 Å². The summed E-state index contributed by atoms with van der Waals surface area (Å²) < 4.78 is 0. The molecule has 1 heterocycles. The van der Waals surface area contributed by atoms with E-state index in [4.69, 9.17) is 0 Å². The maximum Gasteiger partial charge on any atom is 0.255 e. The van der Waals surface area contributed by atoms with Crippen molar-refractivity contribution in [3.8, 4) is 0 Å². The standard InChI is InChI=1S/C19H17N3O/c23-19(16-9-5-2-6-10-16)22-17-11-12-18(21-14-17)20-13-15-7-3-1-4-8-15/h1-12,14H,13H2,(H,20,21)(H,22,23). The largest absolute Gasteiger partial charge is 0.366 e. The Balaban J connectivity index is 1.58. The van der Waals surface area contributed by atoms with Crippen molar-refractivity contribution in [1.82, 2.24) is 4.98 Å². The fourth-order valence-electron chi connectivity index (χ4n) is 2.15. The molecule has 0 radical (unpaired) electrons. The van der Waals surface area contributed by atoms with Gasteiger partial charge in [-0.3, -0.25) is 4.79 Å². The van der Waals surface area contributed by atoms with Crippen LogP contribution in [0.4, 0.5) is 11.5 Å². The Bertz CT molecular complexity index is 756. The van der Waals surface area contributed by atoms with E-state index in [1.807, 2.05) is 48.5 Å². The summed E-state index contributed by atoms with van der Waals surface area (Å²) in [5.41, 5.74) is 2.48. The molecule has 0 atom stereocenters. The topological polar surface area (TPSA) is 54.0 Å². The second-order valence-corrected chi connectivity index (χ2v) is 5.09. The zero-order valence-electron chi connectivity index (χ0n) is 12.6. The first-order valence-electron chi connectivity index (χ1n) is 7.41. The Morgan fingerprint density at radius 3 is 2.22 bits per heavy atom. The van der Waals surface area contributed by atoms with Crippen LogP contribution >= 0.6 is 0 Å². The molecule has 2 N–H and O–H groups in total. The summed E-state index contributed by atoms with van der Waals surface area (Å²) in [4.78, 5) is 16.4. The molecule has 0 saturated heterocycles. The van der Waals surface area contributed by atoms with E-state index in [9.17, 15) is 4.79 Å².